The van der Waals surface area contributed by atoms with Crippen LogP contribution in [0.4, 0.5) is 0 Å². The Kier molecular flexibility index (Phi) is 8.01. The third-order valence-electron chi connectivity index (χ3n) is 3.61. The van der Waals surface area contributed by atoms with Crippen molar-refractivity contribution in [1.29, 1.82) is 0 Å². The third-order valence-corrected chi connectivity index (χ3v) is 3.61. The van der Waals surface area contributed by atoms with Crippen molar-refractivity contribution in [3.63, 3.8) is 0 Å². The maximum atomic E-state index is 11.2. The van der Waals surface area contributed by atoms with Crippen LogP contribution in [-0.4, -0.2) is 43.2 Å². The number of benzene rings is 1. The number of quaternary nitrogens is 1. The fourth-order valence-electron chi connectivity index (χ4n) is 2.22. The van der Waals surface area contributed by atoms with E-state index in [1.807, 2.05) is 0 Å². The molecule has 1 unspecified atom stereocenters. The molecule has 0 saturated carbocycles. The van der Waals surface area contributed by atoms with Crippen LogP contribution < -0.4 is 9.64 Å². The summed E-state index contributed by atoms with van der Waals surface area (Å²) in [6, 6.07) is 7.03. The number of ether oxygens (including phenoxy) is 1. The number of hydrogen-bond acceptors (Lipinski definition) is 3. The number of ketones is 1. The average Bonchev–Trinajstić information content (AvgIpc) is 2.49. The van der Waals surface area contributed by atoms with E-state index in [1.54, 1.807) is 24.3 Å². The number of aliphatic hydroxyl groups excluding tert-OH is 1. The van der Waals surface area contributed by atoms with Gasteiger partial charge in [-0.25, -0.2) is 0 Å². The molecule has 1 aromatic rings. The Balaban J connectivity index is 2.37. The van der Waals surface area contributed by atoms with Gasteiger partial charge in [0.05, 0.1) is 13.1 Å². The maximum absolute atomic E-state index is 11.2. The van der Waals surface area contributed by atoms with Gasteiger partial charge in [-0.3, -0.25) is 4.79 Å². The minimum absolute atomic E-state index is 0.0414. The van der Waals surface area contributed by atoms with Crippen molar-refractivity contribution in [1.82, 2.24) is 0 Å². The van der Waals surface area contributed by atoms with Gasteiger partial charge in [0.25, 0.3) is 0 Å². The van der Waals surface area contributed by atoms with Gasteiger partial charge in [0, 0.05) is 5.56 Å². The molecule has 0 fully saturated rings. The molecule has 4 heteroatoms. The molecule has 0 aliphatic rings. The van der Waals surface area contributed by atoms with Gasteiger partial charge in [0.1, 0.15) is 25.0 Å². The summed E-state index contributed by atoms with van der Waals surface area (Å²) in [5, 5.41) is 10.1. The van der Waals surface area contributed by atoms with Crippen molar-refractivity contribution in [2.75, 3.05) is 26.2 Å². The molecule has 0 heterocycles. The van der Waals surface area contributed by atoms with Gasteiger partial charge in [0.15, 0.2) is 5.78 Å². The van der Waals surface area contributed by atoms with Crippen molar-refractivity contribution in [2.24, 2.45) is 0 Å². The molecule has 118 valence electrons. The molecule has 0 amide bonds. The van der Waals surface area contributed by atoms with E-state index in [0.29, 0.717) is 17.9 Å². The number of rotatable bonds is 10. The molecule has 0 aliphatic heterocycles. The summed E-state index contributed by atoms with van der Waals surface area (Å²) in [4.78, 5) is 12.6. The van der Waals surface area contributed by atoms with Gasteiger partial charge >= 0.3 is 0 Å². The summed E-state index contributed by atoms with van der Waals surface area (Å²) in [7, 11) is 0. The smallest absolute Gasteiger partial charge is 0.159 e. The molecular formula is C17H28NO3+. The van der Waals surface area contributed by atoms with E-state index >= 15 is 0 Å². The lowest BCUT2D eigenvalue weighted by Gasteiger charge is -2.21. The monoisotopic (exact) mass is 294 g/mol. The standard InChI is InChI=1S/C17H27NO3/c1-4-6-11-18(5-2)12-16(20)13-21-17-9-7-15(8-10-17)14(3)19/h7-10,16,20H,4-6,11-13H2,1-3H3/p+1/t16-/m1/s1. The number of carbonyl (C=O) groups excluding carboxylic acids is 1. The molecule has 0 aliphatic carbocycles. The van der Waals surface area contributed by atoms with Gasteiger partial charge in [-0.15, -0.1) is 0 Å². The van der Waals surface area contributed by atoms with Crippen LogP contribution in [0.15, 0.2) is 24.3 Å². The largest absolute Gasteiger partial charge is 0.491 e. The third kappa shape index (κ3) is 6.74. The minimum atomic E-state index is -0.468. The van der Waals surface area contributed by atoms with Crippen LogP contribution in [0, 0.1) is 0 Å². The zero-order valence-electron chi connectivity index (χ0n) is 13.4. The van der Waals surface area contributed by atoms with Gasteiger partial charge in [0.2, 0.25) is 0 Å². The lowest BCUT2D eigenvalue weighted by atomic mass is 10.1. The Hall–Kier alpha value is -1.39. The Labute approximate surface area is 127 Å². The highest BCUT2D eigenvalue weighted by atomic mass is 16.5. The number of likely N-dealkylation sites (N-methyl/N-ethyl adjacent to an activating group) is 1. The second kappa shape index (κ2) is 9.53. The van der Waals surface area contributed by atoms with E-state index in [1.165, 1.54) is 24.7 Å². The first kappa shape index (κ1) is 17.7. The highest BCUT2D eigenvalue weighted by Gasteiger charge is 2.14. The fraction of sp³-hybridized carbons (Fsp3) is 0.588. The van der Waals surface area contributed by atoms with Crippen molar-refractivity contribution in [3.05, 3.63) is 29.8 Å². The molecular weight excluding hydrogens is 266 g/mol. The van der Waals surface area contributed by atoms with E-state index in [-0.39, 0.29) is 12.4 Å². The Morgan fingerprint density at radius 3 is 2.48 bits per heavy atom. The van der Waals surface area contributed by atoms with Crippen LogP contribution >= 0.6 is 0 Å². The predicted molar refractivity (Wildman–Crippen MR) is 84.1 cm³/mol. The first-order valence-corrected chi connectivity index (χ1v) is 7.82. The van der Waals surface area contributed by atoms with Crippen LogP contribution in [0.2, 0.25) is 0 Å². The summed E-state index contributed by atoms with van der Waals surface area (Å²) in [6.45, 7) is 8.97. The van der Waals surface area contributed by atoms with E-state index < -0.39 is 6.10 Å². The molecule has 0 radical (unpaired) electrons. The number of nitrogens with one attached hydrogen (secondary N) is 1. The van der Waals surface area contributed by atoms with Crippen LogP contribution in [0.5, 0.6) is 5.75 Å². The summed E-state index contributed by atoms with van der Waals surface area (Å²) in [6.07, 6.45) is 1.89. The normalized spacial score (nSPS) is 13.7. The Morgan fingerprint density at radius 2 is 1.95 bits per heavy atom. The highest BCUT2D eigenvalue weighted by molar-refractivity contribution is 5.94. The Bertz CT molecular complexity index is 417. The average molecular weight is 294 g/mol. The summed E-state index contributed by atoms with van der Waals surface area (Å²) in [5.74, 6) is 0.727. The van der Waals surface area contributed by atoms with E-state index in [4.69, 9.17) is 4.74 Å². The molecule has 0 aromatic heterocycles. The Morgan fingerprint density at radius 1 is 1.29 bits per heavy atom. The van der Waals surface area contributed by atoms with Gasteiger partial charge < -0.3 is 14.7 Å². The van der Waals surface area contributed by atoms with Gasteiger partial charge in [-0.05, 0) is 44.5 Å². The highest BCUT2D eigenvalue weighted by Crippen LogP contribution is 2.12. The first-order valence-electron chi connectivity index (χ1n) is 7.82. The van der Waals surface area contributed by atoms with E-state index in [2.05, 4.69) is 13.8 Å². The van der Waals surface area contributed by atoms with Gasteiger partial charge in [-0.2, -0.15) is 0 Å². The first-order chi connectivity index (χ1) is 10.1. The van der Waals surface area contributed by atoms with Crippen molar-refractivity contribution in [3.8, 4) is 5.75 Å². The zero-order valence-corrected chi connectivity index (χ0v) is 13.4. The number of carbonyl (C=O) groups is 1. The topological polar surface area (TPSA) is 51.0 Å². The van der Waals surface area contributed by atoms with Gasteiger partial charge in [-0.1, -0.05) is 13.3 Å². The number of Topliss-reactive ketones (excluding diaryl/α,β-unsaturated/α-hetero) is 1. The number of unbranched alkanes of at least 4 members (excludes halogenated alkanes) is 1. The molecule has 21 heavy (non-hydrogen) atoms. The molecule has 4 nitrogen and oxygen atoms in total. The van der Waals surface area contributed by atoms with E-state index in [0.717, 1.165) is 13.1 Å². The fourth-order valence-corrected chi connectivity index (χ4v) is 2.22. The molecule has 0 bridgehead atoms. The van der Waals surface area contributed by atoms with Crippen LogP contribution in [0.3, 0.4) is 0 Å². The second-order valence-electron chi connectivity index (χ2n) is 5.46. The molecule has 0 spiro atoms. The molecule has 0 saturated heterocycles. The number of aliphatic hydroxyl groups is 1. The van der Waals surface area contributed by atoms with Crippen molar-refractivity contribution < 1.29 is 19.5 Å². The van der Waals surface area contributed by atoms with Crippen molar-refractivity contribution >= 4 is 5.78 Å². The maximum Gasteiger partial charge on any atom is 0.159 e. The van der Waals surface area contributed by atoms with Crippen LogP contribution in [0.1, 0.15) is 44.0 Å². The molecule has 2 atom stereocenters. The summed E-state index contributed by atoms with van der Waals surface area (Å²) >= 11 is 0. The summed E-state index contributed by atoms with van der Waals surface area (Å²) in [5.41, 5.74) is 0.670. The van der Waals surface area contributed by atoms with Crippen molar-refractivity contribution in [2.45, 2.75) is 39.7 Å². The van der Waals surface area contributed by atoms with Crippen LogP contribution in [-0.2, 0) is 0 Å². The quantitative estimate of drug-likeness (QED) is 0.640. The summed E-state index contributed by atoms with van der Waals surface area (Å²) < 4.78 is 5.58. The SMILES string of the molecule is CCCC[NH+](CC)C[C@@H](O)COc1ccc(C(C)=O)cc1. The zero-order chi connectivity index (χ0) is 15.7. The second-order valence-corrected chi connectivity index (χ2v) is 5.46. The molecule has 1 rings (SSSR count). The minimum Gasteiger partial charge on any atom is -0.491 e. The van der Waals surface area contributed by atoms with E-state index in [9.17, 15) is 9.90 Å². The number of hydrogen-bond donors (Lipinski definition) is 2. The van der Waals surface area contributed by atoms with Crippen LogP contribution in [0.25, 0.3) is 0 Å². The lowest BCUT2D eigenvalue weighted by Crippen LogP contribution is -3.13. The molecule has 1 aromatic carbocycles. The lowest BCUT2D eigenvalue weighted by molar-refractivity contribution is -0.901. The predicted octanol–water partition coefficient (Wildman–Crippen LogP) is 1.33. The molecule has 2 N–H and O–H groups in total.